The summed E-state index contributed by atoms with van der Waals surface area (Å²) in [6.45, 7) is 0. The topological polar surface area (TPSA) is 41.6 Å². The zero-order chi connectivity index (χ0) is 10.8. The molecule has 0 saturated carbocycles. The second-order valence-electron chi connectivity index (χ2n) is 3.40. The van der Waals surface area contributed by atoms with E-state index in [4.69, 9.17) is 0 Å². The molecule has 0 amide bonds. The molecule has 0 unspecified atom stereocenters. The van der Waals surface area contributed by atoms with E-state index in [-0.39, 0.29) is 0 Å². The number of imidazole rings is 1. The Morgan fingerprint density at radius 2 is 2.06 bits per heavy atom. The fraction of sp³-hybridized carbons (Fsp3) is 0. The molecular weight excluding hydrogens is 218 g/mol. The van der Waals surface area contributed by atoms with E-state index in [0.717, 1.165) is 22.6 Å². The lowest BCUT2D eigenvalue weighted by Gasteiger charge is -1.82. The summed E-state index contributed by atoms with van der Waals surface area (Å²) in [6, 6.07) is 9.96. The summed E-state index contributed by atoms with van der Waals surface area (Å²) >= 11 is 1.45. The van der Waals surface area contributed by atoms with E-state index in [1.165, 1.54) is 11.5 Å². The van der Waals surface area contributed by atoms with Gasteiger partial charge in [-0.15, -0.1) is 0 Å². The number of rotatable bonds is 2. The molecule has 0 aliphatic heterocycles. The first-order chi connectivity index (χ1) is 7.92. The van der Waals surface area contributed by atoms with Gasteiger partial charge in [0.2, 0.25) is 0 Å². The molecule has 0 radical (unpaired) electrons. The summed E-state index contributed by atoms with van der Waals surface area (Å²) in [6.07, 6.45) is 3.89. The molecule has 4 heteroatoms. The summed E-state index contributed by atoms with van der Waals surface area (Å²) in [5.41, 5.74) is 3.01. The highest BCUT2D eigenvalue weighted by atomic mass is 32.1. The second-order valence-corrected chi connectivity index (χ2v) is 4.06. The van der Waals surface area contributed by atoms with Crippen LogP contribution in [0.4, 0.5) is 0 Å². The average Bonchev–Trinajstić information content (AvgIpc) is 2.95. The normalized spacial score (nSPS) is 11.5. The number of nitrogens with zero attached hydrogens (tertiary/aromatic N) is 2. The molecule has 0 aliphatic rings. The Morgan fingerprint density at radius 1 is 1.12 bits per heavy atom. The van der Waals surface area contributed by atoms with Crippen LogP contribution in [0.2, 0.25) is 0 Å². The molecule has 0 spiro atoms. The lowest BCUT2D eigenvalue weighted by molar-refractivity contribution is 1.29. The van der Waals surface area contributed by atoms with Crippen LogP contribution in [-0.4, -0.2) is 14.3 Å². The minimum Gasteiger partial charge on any atom is -0.338 e. The van der Waals surface area contributed by atoms with Gasteiger partial charge in [-0.05, 0) is 41.9 Å². The van der Waals surface area contributed by atoms with Crippen LogP contribution in [0.5, 0.6) is 0 Å². The Hall–Kier alpha value is -1.94. The lowest BCUT2D eigenvalue weighted by atomic mass is 10.3. The van der Waals surface area contributed by atoms with Crippen molar-refractivity contribution in [3.05, 3.63) is 47.2 Å². The van der Waals surface area contributed by atoms with Gasteiger partial charge < -0.3 is 4.98 Å². The molecule has 0 aliphatic carbocycles. The lowest BCUT2D eigenvalue weighted by Crippen LogP contribution is -1.73. The first-order valence-corrected chi connectivity index (χ1v) is 5.79. The van der Waals surface area contributed by atoms with E-state index >= 15 is 0 Å². The Labute approximate surface area is 96.6 Å². The van der Waals surface area contributed by atoms with E-state index in [0.29, 0.717) is 0 Å². The van der Waals surface area contributed by atoms with Crippen LogP contribution in [0.25, 0.3) is 23.2 Å². The van der Waals surface area contributed by atoms with Crippen LogP contribution in [-0.2, 0) is 0 Å². The third-order valence-corrected chi connectivity index (χ3v) is 2.85. The average molecular weight is 227 g/mol. The Bertz CT molecular complexity index is 590. The summed E-state index contributed by atoms with van der Waals surface area (Å²) in [5, 5.41) is 1.96. The van der Waals surface area contributed by atoms with E-state index in [1.54, 1.807) is 0 Å². The fourth-order valence-corrected chi connectivity index (χ4v) is 2.03. The van der Waals surface area contributed by atoms with Gasteiger partial charge in [-0.3, -0.25) is 0 Å². The molecular formula is C12H9N3S. The van der Waals surface area contributed by atoms with Crippen LogP contribution in [0, 0.1) is 0 Å². The maximum absolute atomic E-state index is 4.45. The van der Waals surface area contributed by atoms with Crippen LogP contribution < -0.4 is 0 Å². The van der Waals surface area contributed by atoms with Crippen molar-refractivity contribution in [2.45, 2.75) is 0 Å². The number of H-pyrrole nitrogens is 1. The Balaban J connectivity index is 1.95. The van der Waals surface area contributed by atoms with Gasteiger partial charge in [-0.25, -0.2) is 4.98 Å². The highest BCUT2D eigenvalue weighted by Crippen LogP contribution is 2.12. The predicted octanol–water partition coefficient (Wildman–Crippen LogP) is 3.19. The van der Waals surface area contributed by atoms with E-state index < -0.39 is 0 Å². The van der Waals surface area contributed by atoms with Gasteiger partial charge in [0.15, 0.2) is 0 Å². The quantitative estimate of drug-likeness (QED) is 0.730. The van der Waals surface area contributed by atoms with Gasteiger partial charge in [0, 0.05) is 5.38 Å². The highest BCUT2D eigenvalue weighted by molar-refractivity contribution is 7.03. The molecule has 1 N–H and O–H groups in total. The molecule has 2 heterocycles. The van der Waals surface area contributed by atoms with Gasteiger partial charge >= 0.3 is 0 Å². The number of aromatic amines is 1. The zero-order valence-electron chi connectivity index (χ0n) is 8.42. The van der Waals surface area contributed by atoms with Gasteiger partial charge in [-0.1, -0.05) is 12.1 Å². The van der Waals surface area contributed by atoms with Crippen molar-refractivity contribution in [1.82, 2.24) is 14.3 Å². The van der Waals surface area contributed by atoms with Crippen molar-refractivity contribution in [2.75, 3.05) is 0 Å². The van der Waals surface area contributed by atoms with Crippen LogP contribution in [0.1, 0.15) is 11.5 Å². The molecule has 78 valence electrons. The second kappa shape index (κ2) is 3.90. The molecule has 3 nitrogen and oxygen atoms in total. The van der Waals surface area contributed by atoms with Crippen molar-refractivity contribution < 1.29 is 0 Å². The number of nitrogens with one attached hydrogen (secondary N) is 1. The Morgan fingerprint density at radius 3 is 2.88 bits per heavy atom. The van der Waals surface area contributed by atoms with Crippen LogP contribution in [0.3, 0.4) is 0 Å². The number of para-hydroxylation sites is 2. The summed E-state index contributed by atoms with van der Waals surface area (Å²) in [5.74, 6) is 0.856. The molecule has 2 aromatic heterocycles. The first kappa shape index (κ1) is 9.30. The smallest absolute Gasteiger partial charge is 0.131 e. The van der Waals surface area contributed by atoms with Gasteiger partial charge in [0.05, 0.1) is 16.7 Å². The maximum Gasteiger partial charge on any atom is 0.131 e. The molecule has 0 fully saturated rings. The largest absolute Gasteiger partial charge is 0.338 e. The van der Waals surface area contributed by atoms with Crippen molar-refractivity contribution in [3.63, 3.8) is 0 Å². The zero-order valence-corrected chi connectivity index (χ0v) is 9.24. The van der Waals surface area contributed by atoms with Gasteiger partial charge in [0.25, 0.3) is 0 Å². The number of hydrogen-bond acceptors (Lipinski definition) is 3. The number of hydrogen-bond donors (Lipinski definition) is 1. The molecule has 16 heavy (non-hydrogen) atoms. The highest BCUT2D eigenvalue weighted by Gasteiger charge is 1.97. The fourth-order valence-electron chi connectivity index (χ4n) is 1.52. The van der Waals surface area contributed by atoms with E-state index in [2.05, 4.69) is 14.3 Å². The van der Waals surface area contributed by atoms with Crippen LogP contribution in [0.15, 0.2) is 35.7 Å². The molecule has 1 aromatic carbocycles. The first-order valence-electron chi connectivity index (χ1n) is 4.95. The molecule has 3 rings (SSSR count). The molecule has 0 bridgehead atoms. The van der Waals surface area contributed by atoms with Crippen molar-refractivity contribution in [3.8, 4) is 0 Å². The van der Waals surface area contributed by atoms with Crippen LogP contribution >= 0.6 is 11.5 Å². The minimum atomic E-state index is 0.856. The Kier molecular flexibility index (Phi) is 2.27. The summed E-state index contributed by atoms with van der Waals surface area (Å²) in [4.78, 5) is 7.68. The monoisotopic (exact) mass is 227 g/mol. The minimum absolute atomic E-state index is 0.856. The van der Waals surface area contributed by atoms with Crippen molar-refractivity contribution in [2.24, 2.45) is 0 Å². The van der Waals surface area contributed by atoms with E-state index in [1.807, 2.05) is 47.9 Å². The number of fused-ring (bicyclic) bond motifs is 1. The molecule has 0 saturated heterocycles. The van der Waals surface area contributed by atoms with Crippen molar-refractivity contribution >= 4 is 34.7 Å². The van der Waals surface area contributed by atoms with E-state index in [9.17, 15) is 0 Å². The summed E-state index contributed by atoms with van der Waals surface area (Å²) in [7, 11) is 0. The van der Waals surface area contributed by atoms with Gasteiger partial charge in [0.1, 0.15) is 5.82 Å². The number of aromatic nitrogens is 3. The summed E-state index contributed by atoms with van der Waals surface area (Å²) < 4.78 is 4.20. The maximum atomic E-state index is 4.45. The molecule has 3 aromatic rings. The van der Waals surface area contributed by atoms with Crippen molar-refractivity contribution in [1.29, 1.82) is 0 Å². The predicted molar refractivity (Wildman–Crippen MR) is 67.1 cm³/mol. The molecule has 0 atom stereocenters. The SMILES string of the molecule is C(=C\c1nc2ccccc2[nH]1)/c1ccsn1. The third-order valence-electron chi connectivity index (χ3n) is 2.28. The van der Waals surface area contributed by atoms with Gasteiger partial charge in [-0.2, -0.15) is 4.37 Å². The third kappa shape index (κ3) is 1.75. The standard InChI is InChI=1S/C12H9N3S/c1-2-4-11-10(3-1)13-12(14-11)6-5-9-7-8-16-15-9/h1-8H,(H,13,14)/b6-5+. The number of benzene rings is 1.